The normalized spacial score (nSPS) is 15.1. The maximum absolute atomic E-state index is 12.6. The molecule has 1 aromatic heterocycles. The number of pyridine rings is 1. The molecule has 1 heterocycles. The molecule has 14 heavy (non-hydrogen) atoms. The predicted octanol–water partition coefficient (Wildman–Crippen LogP) is 1.25. The van der Waals surface area contributed by atoms with Gasteiger partial charge in [-0.2, -0.15) is 0 Å². The van der Waals surface area contributed by atoms with Crippen molar-refractivity contribution in [2.24, 2.45) is 0 Å². The fourth-order valence-corrected chi connectivity index (χ4v) is 1.21. The largest absolute Gasteiger partial charge is 0.395 e. The van der Waals surface area contributed by atoms with E-state index in [-0.39, 0.29) is 24.5 Å². The number of halogens is 1. The first-order valence-corrected chi connectivity index (χ1v) is 4.62. The van der Waals surface area contributed by atoms with Crippen LogP contribution in [0.15, 0.2) is 18.3 Å². The van der Waals surface area contributed by atoms with Crippen LogP contribution in [0.4, 0.5) is 4.39 Å². The molecule has 1 rings (SSSR count). The Balaban J connectivity index is 2.60. The molecular formula is C10H15FN2O. The number of nitrogens with one attached hydrogen (secondary N) is 1. The molecule has 78 valence electrons. The minimum absolute atomic E-state index is 0.0110. The second kappa shape index (κ2) is 5.02. The van der Waals surface area contributed by atoms with Crippen molar-refractivity contribution < 1.29 is 9.50 Å². The zero-order chi connectivity index (χ0) is 10.6. The van der Waals surface area contributed by atoms with E-state index in [9.17, 15) is 4.39 Å². The molecule has 3 nitrogen and oxygen atoms in total. The summed E-state index contributed by atoms with van der Waals surface area (Å²) in [5.41, 5.74) is 0.770. The monoisotopic (exact) mass is 198 g/mol. The Labute approximate surface area is 83.0 Å². The molecule has 2 atom stereocenters. The lowest BCUT2D eigenvalue weighted by atomic mass is 10.2. The lowest BCUT2D eigenvalue weighted by Gasteiger charge is -2.17. The van der Waals surface area contributed by atoms with Gasteiger partial charge in [0, 0.05) is 12.1 Å². The Hall–Kier alpha value is -1.00. The zero-order valence-corrected chi connectivity index (χ0v) is 8.37. The van der Waals surface area contributed by atoms with Gasteiger partial charge in [0.2, 0.25) is 0 Å². The van der Waals surface area contributed by atoms with Crippen molar-refractivity contribution in [3.8, 4) is 0 Å². The molecule has 0 spiro atoms. The first-order chi connectivity index (χ1) is 6.63. The third kappa shape index (κ3) is 3.05. The van der Waals surface area contributed by atoms with Crippen LogP contribution in [0.3, 0.4) is 0 Å². The fraction of sp³-hybridized carbons (Fsp3) is 0.500. The van der Waals surface area contributed by atoms with E-state index in [1.807, 2.05) is 13.8 Å². The molecule has 2 N–H and O–H groups in total. The van der Waals surface area contributed by atoms with E-state index in [2.05, 4.69) is 10.3 Å². The van der Waals surface area contributed by atoms with Gasteiger partial charge >= 0.3 is 0 Å². The van der Waals surface area contributed by atoms with Crippen LogP contribution in [0, 0.1) is 5.82 Å². The second-order valence-corrected chi connectivity index (χ2v) is 3.37. The number of rotatable bonds is 4. The summed E-state index contributed by atoms with van der Waals surface area (Å²) in [7, 11) is 0. The Kier molecular flexibility index (Phi) is 3.98. The standard InChI is InChI=1S/C10H15FN2O/c1-7(6-14)13-8(2)10-4-3-9(11)5-12-10/h3-5,7-8,13-14H,6H2,1-2H3/t7-,8?/m1/s1. The number of hydrogen-bond acceptors (Lipinski definition) is 3. The van der Waals surface area contributed by atoms with Gasteiger partial charge in [-0.15, -0.1) is 0 Å². The van der Waals surface area contributed by atoms with E-state index in [4.69, 9.17) is 5.11 Å². The van der Waals surface area contributed by atoms with Gasteiger partial charge in [-0.05, 0) is 26.0 Å². The molecule has 0 aliphatic heterocycles. The molecule has 0 aliphatic rings. The van der Waals surface area contributed by atoms with Crippen molar-refractivity contribution in [2.75, 3.05) is 6.61 Å². The SMILES string of the molecule is CC(N[C@H](C)CO)c1ccc(F)cn1. The molecule has 0 saturated heterocycles. The average molecular weight is 198 g/mol. The summed E-state index contributed by atoms with van der Waals surface area (Å²) in [6.07, 6.45) is 1.19. The third-order valence-corrected chi connectivity index (χ3v) is 2.00. The summed E-state index contributed by atoms with van der Waals surface area (Å²) >= 11 is 0. The summed E-state index contributed by atoms with van der Waals surface area (Å²) in [6, 6.07) is 3.04. The van der Waals surface area contributed by atoms with Gasteiger partial charge in [0.25, 0.3) is 0 Å². The topological polar surface area (TPSA) is 45.1 Å². The lowest BCUT2D eigenvalue weighted by Crippen LogP contribution is -2.32. The van der Waals surface area contributed by atoms with Gasteiger partial charge in [-0.25, -0.2) is 4.39 Å². The van der Waals surface area contributed by atoms with Crippen molar-refractivity contribution in [1.82, 2.24) is 10.3 Å². The zero-order valence-electron chi connectivity index (χ0n) is 8.37. The van der Waals surface area contributed by atoms with Gasteiger partial charge in [-0.3, -0.25) is 4.98 Å². The van der Waals surface area contributed by atoms with Crippen LogP contribution < -0.4 is 5.32 Å². The third-order valence-electron chi connectivity index (χ3n) is 2.00. The van der Waals surface area contributed by atoms with Crippen LogP contribution in [0.25, 0.3) is 0 Å². The summed E-state index contributed by atoms with van der Waals surface area (Å²) in [4.78, 5) is 3.95. The molecule has 4 heteroatoms. The molecule has 0 amide bonds. The van der Waals surface area contributed by atoms with Crippen LogP contribution in [-0.4, -0.2) is 22.7 Å². The van der Waals surface area contributed by atoms with Crippen LogP contribution in [-0.2, 0) is 0 Å². The van der Waals surface area contributed by atoms with E-state index in [1.165, 1.54) is 12.3 Å². The van der Waals surface area contributed by atoms with Crippen molar-refractivity contribution >= 4 is 0 Å². The first-order valence-electron chi connectivity index (χ1n) is 4.62. The Morgan fingerprint density at radius 3 is 2.71 bits per heavy atom. The lowest BCUT2D eigenvalue weighted by molar-refractivity contribution is 0.242. The number of nitrogens with zero attached hydrogens (tertiary/aromatic N) is 1. The van der Waals surface area contributed by atoms with E-state index in [1.54, 1.807) is 6.07 Å². The molecule has 0 saturated carbocycles. The summed E-state index contributed by atoms with van der Waals surface area (Å²) in [5.74, 6) is -0.337. The summed E-state index contributed by atoms with van der Waals surface area (Å²) in [5, 5.41) is 12.0. The fourth-order valence-electron chi connectivity index (χ4n) is 1.21. The molecular weight excluding hydrogens is 183 g/mol. The van der Waals surface area contributed by atoms with Crippen molar-refractivity contribution in [2.45, 2.75) is 25.9 Å². The smallest absolute Gasteiger partial charge is 0.141 e. The van der Waals surface area contributed by atoms with Crippen molar-refractivity contribution in [3.63, 3.8) is 0 Å². The number of hydrogen-bond donors (Lipinski definition) is 2. The molecule has 0 bridgehead atoms. The number of aliphatic hydroxyl groups excluding tert-OH is 1. The first kappa shape index (κ1) is 11.1. The van der Waals surface area contributed by atoms with Gasteiger partial charge in [0.15, 0.2) is 0 Å². The molecule has 0 fully saturated rings. The van der Waals surface area contributed by atoms with E-state index < -0.39 is 0 Å². The minimum Gasteiger partial charge on any atom is -0.395 e. The maximum atomic E-state index is 12.6. The molecule has 0 radical (unpaired) electrons. The van der Waals surface area contributed by atoms with Crippen LogP contribution in [0.5, 0.6) is 0 Å². The summed E-state index contributed by atoms with van der Waals surface area (Å²) in [6.45, 7) is 3.87. The Morgan fingerprint density at radius 2 is 2.21 bits per heavy atom. The van der Waals surface area contributed by atoms with Crippen LogP contribution >= 0.6 is 0 Å². The van der Waals surface area contributed by atoms with Crippen molar-refractivity contribution in [3.05, 3.63) is 29.8 Å². The highest BCUT2D eigenvalue weighted by molar-refractivity contribution is 5.09. The quantitative estimate of drug-likeness (QED) is 0.765. The van der Waals surface area contributed by atoms with Crippen molar-refractivity contribution in [1.29, 1.82) is 0 Å². The molecule has 1 aromatic rings. The maximum Gasteiger partial charge on any atom is 0.141 e. The molecule has 1 unspecified atom stereocenters. The van der Waals surface area contributed by atoms with Gasteiger partial charge in [-0.1, -0.05) is 0 Å². The highest BCUT2D eigenvalue weighted by atomic mass is 19.1. The molecule has 0 aromatic carbocycles. The molecule has 0 aliphatic carbocycles. The van der Waals surface area contributed by atoms with Gasteiger partial charge in [0.1, 0.15) is 5.82 Å². The highest BCUT2D eigenvalue weighted by Gasteiger charge is 2.09. The van der Waals surface area contributed by atoms with Gasteiger partial charge < -0.3 is 10.4 Å². The number of aliphatic hydroxyl groups is 1. The van der Waals surface area contributed by atoms with Crippen LogP contribution in [0.2, 0.25) is 0 Å². The Bertz CT molecular complexity index is 276. The second-order valence-electron chi connectivity index (χ2n) is 3.37. The predicted molar refractivity (Wildman–Crippen MR) is 52.3 cm³/mol. The number of aromatic nitrogens is 1. The van der Waals surface area contributed by atoms with E-state index >= 15 is 0 Å². The summed E-state index contributed by atoms with van der Waals surface area (Å²) < 4.78 is 12.6. The van der Waals surface area contributed by atoms with Gasteiger partial charge in [0.05, 0.1) is 18.5 Å². The highest BCUT2D eigenvalue weighted by Crippen LogP contribution is 2.09. The minimum atomic E-state index is -0.337. The average Bonchev–Trinajstić information content (AvgIpc) is 2.18. The van der Waals surface area contributed by atoms with E-state index in [0.717, 1.165) is 5.69 Å². The van der Waals surface area contributed by atoms with E-state index in [0.29, 0.717) is 0 Å². The Morgan fingerprint density at radius 1 is 1.50 bits per heavy atom. The van der Waals surface area contributed by atoms with Crippen LogP contribution in [0.1, 0.15) is 25.6 Å².